The van der Waals surface area contributed by atoms with E-state index < -0.39 is 16.8 Å². The van der Waals surface area contributed by atoms with Gasteiger partial charge in [-0.15, -0.1) is 11.8 Å². The third-order valence-electron chi connectivity index (χ3n) is 5.71. The summed E-state index contributed by atoms with van der Waals surface area (Å²) < 4.78 is 4.54. The molecule has 1 aromatic carbocycles. The zero-order valence-corrected chi connectivity index (χ0v) is 19.8. The van der Waals surface area contributed by atoms with Crippen molar-refractivity contribution in [2.75, 3.05) is 20.3 Å². The van der Waals surface area contributed by atoms with E-state index in [-0.39, 0.29) is 29.0 Å². The molecule has 3 amide bonds. The quantitative estimate of drug-likeness (QED) is 0.569. The molecule has 2 heterocycles. The van der Waals surface area contributed by atoms with Crippen LogP contribution in [0.5, 0.6) is 0 Å². The average molecular weight is 448 g/mol. The van der Waals surface area contributed by atoms with Crippen molar-refractivity contribution in [1.82, 2.24) is 15.5 Å². The van der Waals surface area contributed by atoms with Gasteiger partial charge in [0.2, 0.25) is 11.8 Å². The lowest BCUT2D eigenvalue weighted by atomic mass is 9.98. The number of ether oxygens (including phenoxy) is 1. The number of fused-ring (bicyclic) bond motifs is 3. The van der Waals surface area contributed by atoms with Crippen molar-refractivity contribution in [3.63, 3.8) is 0 Å². The Hall–Kier alpha value is -2.06. The summed E-state index contributed by atoms with van der Waals surface area (Å²) in [6.07, 6.45) is 1.23. The second kappa shape index (κ2) is 9.61. The molecule has 31 heavy (non-hydrogen) atoms. The van der Waals surface area contributed by atoms with Gasteiger partial charge in [-0.05, 0) is 44.2 Å². The fraction of sp³-hybridized carbons (Fsp3) is 0.609. The first kappa shape index (κ1) is 23.6. The molecule has 2 aliphatic rings. The molecule has 3 rings (SSSR count). The van der Waals surface area contributed by atoms with E-state index in [0.717, 1.165) is 5.56 Å². The van der Waals surface area contributed by atoms with Crippen LogP contribution >= 0.6 is 11.8 Å². The number of carbonyl (C=O) groups excluding carboxylic acids is 3. The van der Waals surface area contributed by atoms with Gasteiger partial charge in [0.15, 0.2) is 0 Å². The van der Waals surface area contributed by atoms with E-state index in [4.69, 9.17) is 4.74 Å². The van der Waals surface area contributed by atoms with Gasteiger partial charge in [0.1, 0.15) is 17.5 Å². The van der Waals surface area contributed by atoms with E-state index >= 15 is 0 Å². The minimum Gasteiger partial charge on any atom is -0.385 e. The van der Waals surface area contributed by atoms with Crippen LogP contribution in [0, 0.1) is 5.92 Å². The molecule has 170 valence electrons. The number of thioether (sulfide) groups is 1. The summed E-state index contributed by atoms with van der Waals surface area (Å²) >= 11 is 1.62. The molecule has 2 N–H and O–H groups in total. The van der Waals surface area contributed by atoms with Crippen LogP contribution < -0.4 is 10.6 Å². The Balaban J connectivity index is 1.76. The summed E-state index contributed by atoms with van der Waals surface area (Å²) in [6.45, 7) is 9.06. The largest absolute Gasteiger partial charge is 0.385 e. The predicted octanol–water partition coefficient (Wildman–Crippen LogP) is 2.72. The van der Waals surface area contributed by atoms with Gasteiger partial charge in [0.05, 0.1) is 0 Å². The number of hydrogen-bond donors (Lipinski definition) is 2. The Morgan fingerprint density at radius 2 is 1.97 bits per heavy atom. The fourth-order valence-electron chi connectivity index (χ4n) is 4.31. The summed E-state index contributed by atoms with van der Waals surface area (Å²) in [5.74, 6) is -0.372. The first-order valence-corrected chi connectivity index (χ1v) is 11.7. The number of hydrogen-bond acceptors (Lipinski definition) is 5. The molecular formula is C23H33N3O4S. The highest BCUT2D eigenvalue weighted by Crippen LogP contribution is 2.56. The first-order chi connectivity index (χ1) is 14.7. The summed E-state index contributed by atoms with van der Waals surface area (Å²) in [7, 11) is 1.62. The minimum absolute atomic E-state index is 0.122. The monoisotopic (exact) mass is 447 g/mol. The average Bonchev–Trinajstić information content (AvgIpc) is 3.13. The van der Waals surface area contributed by atoms with Gasteiger partial charge in [-0.25, -0.2) is 0 Å². The molecule has 0 saturated carbocycles. The van der Waals surface area contributed by atoms with Gasteiger partial charge in [0, 0.05) is 30.6 Å². The molecule has 0 aliphatic carbocycles. The van der Waals surface area contributed by atoms with Crippen LogP contribution in [0.1, 0.15) is 61.8 Å². The maximum atomic E-state index is 13.5. The molecule has 1 aromatic rings. The van der Waals surface area contributed by atoms with Gasteiger partial charge < -0.3 is 20.3 Å². The molecule has 0 spiro atoms. The third kappa shape index (κ3) is 4.90. The van der Waals surface area contributed by atoms with Gasteiger partial charge in [-0.3, -0.25) is 14.4 Å². The topological polar surface area (TPSA) is 87.7 Å². The van der Waals surface area contributed by atoms with E-state index in [2.05, 4.69) is 10.6 Å². The Bertz CT molecular complexity index is 842. The number of methoxy groups -OCH3 is 1. The molecule has 3 unspecified atom stereocenters. The van der Waals surface area contributed by atoms with Crippen molar-refractivity contribution in [2.45, 2.75) is 62.7 Å². The molecule has 1 saturated heterocycles. The van der Waals surface area contributed by atoms with Crippen molar-refractivity contribution in [2.24, 2.45) is 5.92 Å². The lowest BCUT2D eigenvalue weighted by Gasteiger charge is -2.31. The van der Waals surface area contributed by atoms with E-state index in [1.807, 2.05) is 52.0 Å². The SMILES string of the molecule is COCCCNC(=O)C(CC(C)C)NC(=O)C1N2C(=O)c3ccccc3C2SC1(C)C. The van der Waals surface area contributed by atoms with Crippen LogP contribution in [0.15, 0.2) is 24.3 Å². The Morgan fingerprint density at radius 1 is 1.26 bits per heavy atom. The fourth-order valence-corrected chi connectivity index (χ4v) is 5.90. The smallest absolute Gasteiger partial charge is 0.256 e. The Labute approximate surface area is 188 Å². The van der Waals surface area contributed by atoms with Crippen LogP contribution in [0.2, 0.25) is 0 Å². The molecule has 0 bridgehead atoms. The van der Waals surface area contributed by atoms with E-state index in [1.54, 1.807) is 23.8 Å². The molecule has 3 atom stereocenters. The summed E-state index contributed by atoms with van der Waals surface area (Å²) in [6, 6.07) is 6.23. The molecule has 1 fully saturated rings. The summed E-state index contributed by atoms with van der Waals surface area (Å²) in [4.78, 5) is 41.0. The highest BCUT2D eigenvalue weighted by atomic mass is 32.2. The van der Waals surface area contributed by atoms with Crippen molar-refractivity contribution in [1.29, 1.82) is 0 Å². The molecule has 0 radical (unpaired) electrons. The molecule has 2 aliphatic heterocycles. The molecule has 7 nitrogen and oxygen atoms in total. The zero-order valence-electron chi connectivity index (χ0n) is 18.9. The highest BCUT2D eigenvalue weighted by molar-refractivity contribution is 8.01. The number of rotatable bonds is 9. The second-order valence-electron chi connectivity index (χ2n) is 9.10. The molecule has 0 aromatic heterocycles. The van der Waals surface area contributed by atoms with Crippen LogP contribution in [-0.4, -0.2) is 59.7 Å². The second-order valence-corrected chi connectivity index (χ2v) is 10.8. The van der Waals surface area contributed by atoms with Crippen LogP contribution in [0.3, 0.4) is 0 Å². The molecule has 8 heteroatoms. The van der Waals surface area contributed by atoms with E-state index in [9.17, 15) is 14.4 Å². The maximum absolute atomic E-state index is 13.5. The zero-order chi connectivity index (χ0) is 22.8. The van der Waals surface area contributed by atoms with Crippen molar-refractivity contribution < 1.29 is 19.1 Å². The summed E-state index contributed by atoms with van der Waals surface area (Å²) in [5.41, 5.74) is 1.61. The third-order valence-corrected chi connectivity index (χ3v) is 7.24. The van der Waals surface area contributed by atoms with Gasteiger partial charge >= 0.3 is 0 Å². The number of benzene rings is 1. The highest BCUT2D eigenvalue weighted by Gasteiger charge is 2.57. The minimum atomic E-state index is -0.654. The van der Waals surface area contributed by atoms with E-state index in [0.29, 0.717) is 31.6 Å². The number of carbonyl (C=O) groups is 3. The first-order valence-electron chi connectivity index (χ1n) is 10.8. The molecular weight excluding hydrogens is 414 g/mol. The van der Waals surface area contributed by atoms with Crippen LogP contribution in [0.25, 0.3) is 0 Å². The number of amides is 3. The Morgan fingerprint density at radius 3 is 2.65 bits per heavy atom. The van der Waals surface area contributed by atoms with Gasteiger partial charge in [0.25, 0.3) is 5.91 Å². The lowest BCUT2D eigenvalue weighted by molar-refractivity contribution is -0.132. The van der Waals surface area contributed by atoms with Crippen molar-refractivity contribution >= 4 is 29.5 Å². The van der Waals surface area contributed by atoms with Crippen LogP contribution in [0.4, 0.5) is 0 Å². The predicted molar refractivity (Wildman–Crippen MR) is 122 cm³/mol. The van der Waals surface area contributed by atoms with Crippen molar-refractivity contribution in [3.05, 3.63) is 35.4 Å². The Kier molecular flexibility index (Phi) is 7.31. The summed E-state index contributed by atoms with van der Waals surface area (Å²) in [5, 5.41) is 5.67. The van der Waals surface area contributed by atoms with E-state index in [1.165, 1.54) is 0 Å². The standard InChI is InChI=1S/C23H33N3O4S/c1-14(2)13-17(19(27)24-11-8-12-30-5)25-20(28)18-23(3,4)31-22-16-10-7-6-9-15(16)21(29)26(18)22/h6-7,9-10,14,17-18,22H,8,11-13H2,1-5H3,(H,24,27)(H,25,28). The normalized spacial score (nSPS) is 22.3. The number of nitrogens with zero attached hydrogens (tertiary/aromatic N) is 1. The lowest BCUT2D eigenvalue weighted by Crippen LogP contribution is -2.57. The van der Waals surface area contributed by atoms with Crippen LogP contribution in [-0.2, 0) is 14.3 Å². The maximum Gasteiger partial charge on any atom is 0.256 e. The number of nitrogens with one attached hydrogen (secondary N) is 2. The van der Waals surface area contributed by atoms with Gasteiger partial charge in [-0.2, -0.15) is 0 Å². The van der Waals surface area contributed by atoms with Crippen molar-refractivity contribution in [3.8, 4) is 0 Å². The van der Waals surface area contributed by atoms with Gasteiger partial charge in [-0.1, -0.05) is 32.0 Å².